The van der Waals surface area contributed by atoms with Crippen molar-refractivity contribution in [3.8, 4) is 11.8 Å². The minimum Gasteiger partial charge on any atom is -0.497 e. The summed E-state index contributed by atoms with van der Waals surface area (Å²) in [6, 6.07) is 14.3. The SMILES string of the molecule is CCOC(=O)C(C#N)(Cc1ccc(OC)cc1)S(=O)(=O)c1ccc(C)cc1. The van der Waals surface area contributed by atoms with Crippen molar-refractivity contribution in [3.05, 3.63) is 59.7 Å². The number of carbonyl (C=O) groups is 1. The maximum absolute atomic E-state index is 13.3. The normalized spacial score (nSPS) is 13.3. The number of benzene rings is 2. The molecular weight excluding hydrogens is 366 g/mol. The number of carbonyl (C=O) groups excluding carboxylic acids is 1. The molecule has 2 rings (SSSR count). The summed E-state index contributed by atoms with van der Waals surface area (Å²) in [6.45, 7) is 3.34. The molecular formula is C20H21NO5S. The summed E-state index contributed by atoms with van der Waals surface area (Å²) in [5, 5.41) is 9.83. The molecule has 0 radical (unpaired) electrons. The van der Waals surface area contributed by atoms with Crippen molar-refractivity contribution in [2.24, 2.45) is 0 Å². The van der Waals surface area contributed by atoms with Gasteiger partial charge in [-0.1, -0.05) is 29.8 Å². The third-order valence-corrected chi connectivity index (χ3v) is 6.40. The Bertz CT molecular complexity index is 943. The molecule has 1 atom stereocenters. The molecule has 0 aliphatic carbocycles. The molecule has 0 saturated heterocycles. The van der Waals surface area contributed by atoms with Crippen LogP contribution < -0.4 is 4.74 Å². The first kappa shape index (κ1) is 20.5. The second-order valence-corrected chi connectivity index (χ2v) is 8.18. The number of esters is 1. The number of aryl methyl sites for hydroxylation is 1. The molecule has 0 bridgehead atoms. The minimum atomic E-state index is -4.33. The zero-order chi connectivity index (χ0) is 20.1. The van der Waals surface area contributed by atoms with Crippen LogP contribution in [0.4, 0.5) is 0 Å². The van der Waals surface area contributed by atoms with Gasteiger partial charge in [0.1, 0.15) is 5.75 Å². The Morgan fingerprint density at radius 3 is 2.19 bits per heavy atom. The first-order valence-corrected chi connectivity index (χ1v) is 9.81. The standard InChI is InChI=1S/C20H21NO5S/c1-4-26-19(22)20(14-21,13-16-7-9-17(25-3)10-8-16)27(23,24)18-11-5-15(2)6-12-18/h5-12H,4,13H2,1-3H3. The van der Waals surface area contributed by atoms with Crippen LogP contribution >= 0.6 is 0 Å². The molecule has 2 aromatic carbocycles. The van der Waals surface area contributed by atoms with E-state index in [1.165, 1.54) is 19.2 Å². The molecule has 0 spiro atoms. The molecule has 0 aliphatic rings. The van der Waals surface area contributed by atoms with Gasteiger partial charge in [0, 0.05) is 6.42 Å². The summed E-state index contributed by atoms with van der Waals surface area (Å²) in [6.07, 6.45) is -0.331. The Morgan fingerprint density at radius 2 is 1.70 bits per heavy atom. The Labute approximate surface area is 159 Å². The summed E-state index contributed by atoms with van der Waals surface area (Å²) in [4.78, 5) is 12.6. The molecule has 0 aliphatic heterocycles. The van der Waals surface area contributed by atoms with Gasteiger partial charge in [0.25, 0.3) is 4.75 Å². The highest BCUT2D eigenvalue weighted by Crippen LogP contribution is 2.31. The van der Waals surface area contributed by atoms with Crippen molar-refractivity contribution in [1.29, 1.82) is 5.26 Å². The zero-order valence-corrected chi connectivity index (χ0v) is 16.2. The summed E-state index contributed by atoms with van der Waals surface area (Å²) >= 11 is 0. The minimum absolute atomic E-state index is 0.0334. The zero-order valence-electron chi connectivity index (χ0n) is 15.4. The Kier molecular flexibility index (Phi) is 6.24. The molecule has 0 aromatic heterocycles. The number of nitriles is 1. The molecule has 142 valence electrons. The quantitative estimate of drug-likeness (QED) is 0.678. The first-order chi connectivity index (χ1) is 12.8. The van der Waals surface area contributed by atoms with Crippen molar-refractivity contribution in [1.82, 2.24) is 0 Å². The lowest BCUT2D eigenvalue weighted by molar-refractivity contribution is -0.144. The van der Waals surface area contributed by atoms with Crippen molar-refractivity contribution in [2.45, 2.75) is 29.9 Å². The average molecular weight is 387 g/mol. The fourth-order valence-corrected chi connectivity index (χ4v) is 4.27. The summed E-state index contributed by atoms with van der Waals surface area (Å²) < 4.78 is 34.3. The first-order valence-electron chi connectivity index (χ1n) is 8.33. The van der Waals surface area contributed by atoms with Crippen LogP contribution in [0, 0.1) is 18.3 Å². The van der Waals surface area contributed by atoms with E-state index in [1.807, 2.05) is 6.92 Å². The number of hydrogen-bond donors (Lipinski definition) is 0. The molecule has 6 nitrogen and oxygen atoms in total. The van der Waals surface area contributed by atoms with E-state index in [9.17, 15) is 18.5 Å². The van der Waals surface area contributed by atoms with E-state index < -0.39 is 20.6 Å². The van der Waals surface area contributed by atoms with Gasteiger partial charge in [-0.3, -0.25) is 0 Å². The third-order valence-electron chi connectivity index (χ3n) is 4.19. The van der Waals surface area contributed by atoms with E-state index in [-0.39, 0.29) is 17.9 Å². The van der Waals surface area contributed by atoms with Crippen molar-refractivity contribution < 1.29 is 22.7 Å². The van der Waals surface area contributed by atoms with Gasteiger partial charge < -0.3 is 9.47 Å². The van der Waals surface area contributed by atoms with E-state index in [4.69, 9.17) is 9.47 Å². The molecule has 0 saturated carbocycles. The number of hydrogen-bond acceptors (Lipinski definition) is 6. The van der Waals surface area contributed by atoms with Gasteiger partial charge in [-0.2, -0.15) is 5.26 Å². The van der Waals surface area contributed by atoms with Gasteiger partial charge in [-0.25, -0.2) is 13.2 Å². The van der Waals surface area contributed by atoms with E-state index in [2.05, 4.69) is 0 Å². The maximum Gasteiger partial charge on any atom is 0.342 e. The number of nitrogens with zero attached hydrogens (tertiary/aromatic N) is 1. The summed E-state index contributed by atoms with van der Waals surface area (Å²) in [5.41, 5.74) is 1.36. The van der Waals surface area contributed by atoms with Gasteiger partial charge in [-0.15, -0.1) is 0 Å². The topological polar surface area (TPSA) is 93.5 Å². The predicted octanol–water partition coefficient (Wildman–Crippen LogP) is 2.85. The Hall–Kier alpha value is -2.85. The Morgan fingerprint density at radius 1 is 1.11 bits per heavy atom. The van der Waals surface area contributed by atoms with Gasteiger partial charge >= 0.3 is 5.97 Å². The lowest BCUT2D eigenvalue weighted by Crippen LogP contribution is -2.48. The fourth-order valence-electron chi connectivity index (χ4n) is 2.62. The molecule has 1 unspecified atom stereocenters. The van der Waals surface area contributed by atoms with Crippen LogP contribution in [0.2, 0.25) is 0 Å². The molecule has 0 amide bonds. The number of ether oxygens (including phenoxy) is 2. The largest absolute Gasteiger partial charge is 0.497 e. The van der Waals surface area contributed by atoms with Gasteiger partial charge in [0.05, 0.1) is 24.7 Å². The van der Waals surface area contributed by atoms with E-state index in [0.29, 0.717) is 11.3 Å². The number of methoxy groups -OCH3 is 1. The second-order valence-electron chi connectivity index (χ2n) is 6.00. The van der Waals surface area contributed by atoms with Crippen LogP contribution in [0.1, 0.15) is 18.1 Å². The molecule has 2 aromatic rings. The highest BCUT2D eigenvalue weighted by Gasteiger charge is 2.53. The van der Waals surface area contributed by atoms with Gasteiger partial charge in [0.2, 0.25) is 9.84 Å². The molecule has 27 heavy (non-hydrogen) atoms. The van der Waals surface area contributed by atoms with Gasteiger partial charge in [-0.05, 0) is 43.7 Å². The highest BCUT2D eigenvalue weighted by atomic mass is 32.2. The lowest BCUT2D eigenvalue weighted by Gasteiger charge is -2.25. The number of sulfone groups is 1. The third kappa shape index (κ3) is 3.96. The predicted molar refractivity (Wildman–Crippen MR) is 100 cm³/mol. The van der Waals surface area contributed by atoms with Crippen molar-refractivity contribution in [2.75, 3.05) is 13.7 Å². The van der Waals surface area contributed by atoms with Crippen LogP contribution in [0.3, 0.4) is 0 Å². The lowest BCUT2D eigenvalue weighted by atomic mass is 9.99. The highest BCUT2D eigenvalue weighted by molar-refractivity contribution is 7.94. The molecule has 0 N–H and O–H groups in total. The van der Waals surface area contributed by atoms with Crippen molar-refractivity contribution in [3.63, 3.8) is 0 Å². The molecule has 0 fully saturated rings. The smallest absolute Gasteiger partial charge is 0.342 e. The van der Waals surface area contributed by atoms with E-state index >= 15 is 0 Å². The molecule has 0 heterocycles. The van der Waals surface area contributed by atoms with E-state index in [1.54, 1.807) is 49.4 Å². The summed E-state index contributed by atoms with van der Waals surface area (Å²) in [7, 11) is -2.82. The number of rotatable bonds is 7. The van der Waals surface area contributed by atoms with E-state index in [0.717, 1.165) is 5.56 Å². The molecule has 7 heteroatoms. The van der Waals surface area contributed by atoms with Crippen LogP contribution in [0.25, 0.3) is 0 Å². The van der Waals surface area contributed by atoms with Crippen LogP contribution in [0.15, 0.2) is 53.4 Å². The van der Waals surface area contributed by atoms with Gasteiger partial charge in [0.15, 0.2) is 0 Å². The van der Waals surface area contributed by atoms with Crippen LogP contribution in [-0.4, -0.2) is 32.9 Å². The van der Waals surface area contributed by atoms with Crippen molar-refractivity contribution >= 4 is 15.8 Å². The Balaban J connectivity index is 2.59. The average Bonchev–Trinajstić information content (AvgIpc) is 2.67. The maximum atomic E-state index is 13.3. The fraction of sp³-hybridized carbons (Fsp3) is 0.300. The van der Waals surface area contributed by atoms with Crippen LogP contribution in [-0.2, 0) is 25.8 Å². The second kappa shape index (κ2) is 8.23. The summed E-state index contributed by atoms with van der Waals surface area (Å²) in [5.74, 6) is -0.497. The monoisotopic (exact) mass is 387 g/mol. The van der Waals surface area contributed by atoms with Crippen LogP contribution in [0.5, 0.6) is 5.75 Å².